The van der Waals surface area contributed by atoms with Crippen LogP contribution in [0, 0.1) is 0 Å². The molecule has 0 radical (unpaired) electrons. The van der Waals surface area contributed by atoms with Gasteiger partial charge in [0.15, 0.2) is 0 Å². The molecule has 0 aliphatic heterocycles. The Morgan fingerprint density at radius 2 is 2.24 bits per heavy atom. The molecule has 0 bridgehead atoms. The van der Waals surface area contributed by atoms with Crippen LogP contribution in [-0.4, -0.2) is 22.5 Å². The summed E-state index contributed by atoms with van der Waals surface area (Å²) in [7, 11) is 0. The van der Waals surface area contributed by atoms with Gasteiger partial charge < -0.3 is 0 Å². The number of rotatable bonds is 8. The summed E-state index contributed by atoms with van der Waals surface area (Å²) >= 11 is 7.51. The molecule has 0 aliphatic rings. The summed E-state index contributed by atoms with van der Waals surface area (Å²) in [6.07, 6.45) is 3.70. The molecule has 1 rings (SSSR count). The van der Waals surface area contributed by atoms with E-state index >= 15 is 0 Å². The van der Waals surface area contributed by atoms with Gasteiger partial charge in [0, 0.05) is 11.4 Å². The Morgan fingerprint density at radius 1 is 1.47 bits per heavy atom. The average molecular weight is 275 g/mol. The molecule has 98 valence electrons. The number of hydrogen-bond acceptors (Lipinski definition) is 3. The Bertz CT molecular complexity index is 314. The summed E-state index contributed by atoms with van der Waals surface area (Å²) in [5, 5.41) is 3.26. The first kappa shape index (κ1) is 14.9. The Hall–Kier alpha value is -0.120. The number of hydrogen-bond donors (Lipinski definition) is 0. The number of halogens is 1. The first-order valence-electron chi connectivity index (χ1n) is 6.44. The van der Waals surface area contributed by atoms with Crippen LogP contribution < -0.4 is 0 Å². The molecular weight excluding hydrogens is 252 g/mol. The van der Waals surface area contributed by atoms with E-state index in [1.54, 1.807) is 11.3 Å². The van der Waals surface area contributed by atoms with Crippen molar-refractivity contribution in [3.63, 3.8) is 0 Å². The van der Waals surface area contributed by atoms with E-state index in [-0.39, 0.29) is 0 Å². The van der Waals surface area contributed by atoms with Gasteiger partial charge in [0.1, 0.15) is 5.01 Å². The predicted octanol–water partition coefficient (Wildman–Crippen LogP) is 4.28. The molecule has 0 saturated heterocycles. The van der Waals surface area contributed by atoms with Gasteiger partial charge in [0.2, 0.25) is 0 Å². The van der Waals surface area contributed by atoms with Crippen LogP contribution in [0.5, 0.6) is 0 Å². The third-order valence-corrected chi connectivity index (χ3v) is 4.24. The van der Waals surface area contributed by atoms with Crippen molar-refractivity contribution >= 4 is 22.9 Å². The van der Waals surface area contributed by atoms with Gasteiger partial charge in [-0.25, -0.2) is 4.98 Å². The largest absolute Gasteiger partial charge is 0.294 e. The van der Waals surface area contributed by atoms with Gasteiger partial charge in [-0.3, -0.25) is 4.90 Å². The van der Waals surface area contributed by atoms with Crippen molar-refractivity contribution in [2.75, 3.05) is 6.54 Å². The lowest BCUT2D eigenvalue weighted by Crippen LogP contribution is -2.33. The molecule has 1 aromatic heterocycles. The first-order chi connectivity index (χ1) is 8.21. The van der Waals surface area contributed by atoms with E-state index < -0.39 is 0 Å². The van der Waals surface area contributed by atoms with Gasteiger partial charge >= 0.3 is 0 Å². The van der Waals surface area contributed by atoms with Crippen LogP contribution in [0.3, 0.4) is 0 Å². The van der Waals surface area contributed by atoms with Gasteiger partial charge in [0.25, 0.3) is 0 Å². The molecule has 17 heavy (non-hydrogen) atoms. The summed E-state index contributed by atoms with van der Waals surface area (Å²) in [6, 6.07) is 0.630. The first-order valence-corrected chi connectivity index (χ1v) is 7.85. The highest BCUT2D eigenvalue weighted by molar-refractivity contribution is 7.09. The topological polar surface area (TPSA) is 16.1 Å². The van der Waals surface area contributed by atoms with Crippen LogP contribution >= 0.6 is 22.9 Å². The normalized spacial score (nSPS) is 13.2. The van der Waals surface area contributed by atoms with E-state index in [2.05, 4.69) is 36.0 Å². The summed E-state index contributed by atoms with van der Waals surface area (Å²) in [4.78, 5) is 7.07. The van der Waals surface area contributed by atoms with Crippen molar-refractivity contribution in [2.24, 2.45) is 0 Å². The van der Waals surface area contributed by atoms with Crippen molar-refractivity contribution in [1.82, 2.24) is 9.88 Å². The Morgan fingerprint density at radius 3 is 2.76 bits per heavy atom. The third-order valence-electron chi connectivity index (χ3n) is 3.09. The number of unbranched alkanes of at least 4 members (excludes halogenated alkanes) is 1. The lowest BCUT2D eigenvalue weighted by atomic mass is 10.2. The zero-order valence-electron chi connectivity index (χ0n) is 11.1. The Kier molecular flexibility index (Phi) is 7.09. The highest BCUT2D eigenvalue weighted by Crippen LogP contribution is 2.16. The molecule has 0 fully saturated rings. The van der Waals surface area contributed by atoms with Crippen LogP contribution in [-0.2, 0) is 12.4 Å². The Labute approximate surface area is 114 Å². The maximum atomic E-state index is 5.78. The molecule has 0 N–H and O–H groups in total. The molecule has 4 heteroatoms. The average Bonchev–Trinajstić information content (AvgIpc) is 2.81. The van der Waals surface area contributed by atoms with E-state index in [9.17, 15) is 0 Å². The van der Waals surface area contributed by atoms with Crippen LogP contribution in [0.2, 0.25) is 0 Å². The molecule has 0 aliphatic carbocycles. The molecule has 1 atom stereocenters. The fourth-order valence-electron chi connectivity index (χ4n) is 1.73. The van der Waals surface area contributed by atoms with E-state index in [1.807, 2.05) is 0 Å². The predicted molar refractivity (Wildman–Crippen MR) is 76.7 cm³/mol. The minimum Gasteiger partial charge on any atom is -0.294 e. The van der Waals surface area contributed by atoms with Gasteiger partial charge in [-0.2, -0.15) is 0 Å². The minimum absolute atomic E-state index is 0.523. The van der Waals surface area contributed by atoms with Crippen LogP contribution in [0.1, 0.15) is 50.7 Å². The second-order valence-electron chi connectivity index (χ2n) is 4.45. The number of alkyl halides is 1. The van der Waals surface area contributed by atoms with Crippen molar-refractivity contribution < 1.29 is 0 Å². The molecule has 0 aromatic carbocycles. The van der Waals surface area contributed by atoms with E-state index in [4.69, 9.17) is 11.6 Å². The van der Waals surface area contributed by atoms with Gasteiger partial charge in [-0.1, -0.05) is 20.3 Å². The van der Waals surface area contributed by atoms with Crippen molar-refractivity contribution in [3.05, 3.63) is 16.1 Å². The molecule has 1 heterocycles. The van der Waals surface area contributed by atoms with Crippen LogP contribution in [0.15, 0.2) is 5.38 Å². The third kappa shape index (κ3) is 4.94. The van der Waals surface area contributed by atoms with E-state index in [1.165, 1.54) is 30.8 Å². The van der Waals surface area contributed by atoms with Crippen LogP contribution in [0.25, 0.3) is 0 Å². The number of nitrogens with zero attached hydrogens (tertiary/aromatic N) is 2. The zero-order valence-corrected chi connectivity index (χ0v) is 12.7. The monoisotopic (exact) mass is 274 g/mol. The molecule has 0 saturated carbocycles. The molecule has 1 unspecified atom stereocenters. The highest BCUT2D eigenvalue weighted by atomic mass is 35.5. The molecular formula is C13H23ClN2S. The molecule has 0 spiro atoms. The summed E-state index contributed by atoms with van der Waals surface area (Å²) in [5.74, 6) is 0.523. The maximum Gasteiger partial charge on any atom is 0.107 e. The number of thiazole rings is 1. The minimum atomic E-state index is 0.523. The maximum absolute atomic E-state index is 5.78. The summed E-state index contributed by atoms with van der Waals surface area (Å²) < 4.78 is 0. The molecule has 2 nitrogen and oxygen atoms in total. The standard InChI is InChI=1S/C13H23ClN2S/c1-4-6-7-16(11(3)5-2)9-13-15-12(8-14)10-17-13/h10-11H,4-9H2,1-3H3. The Balaban J connectivity index is 2.57. The van der Waals surface area contributed by atoms with Crippen LogP contribution in [0.4, 0.5) is 0 Å². The summed E-state index contributed by atoms with van der Waals surface area (Å²) in [5.41, 5.74) is 1.01. The lowest BCUT2D eigenvalue weighted by Gasteiger charge is -2.27. The fourth-order valence-corrected chi connectivity index (χ4v) is 2.78. The fraction of sp³-hybridized carbons (Fsp3) is 0.769. The van der Waals surface area contributed by atoms with Gasteiger partial charge in [-0.15, -0.1) is 22.9 Å². The van der Waals surface area contributed by atoms with Crippen molar-refractivity contribution in [3.8, 4) is 0 Å². The quantitative estimate of drug-likeness (QED) is 0.658. The highest BCUT2D eigenvalue weighted by Gasteiger charge is 2.13. The summed E-state index contributed by atoms with van der Waals surface area (Å²) in [6.45, 7) is 8.92. The lowest BCUT2D eigenvalue weighted by molar-refractivity contribution is 0.192. The van der Waals surface area contributed by atoms with Crippen molar-refractivity contribution in [2.45, 2.75) is 58.5 Å². The molecule has 1 aromatic rings. The zero-order chi connectivity index (χ0) is 12.7. The number of aromatic nitrogens is 1. The van der Waals surface area contributed by atoms with Gasteiger partial charge in [0.05, 0.1) is 18.1 Å². The second-order valence-corrected chi connectivity index (χ2v) is 5.66. The van der Waals surface area contributed by atoms with Gasteiger partial charge in [-0.05, 0) is 26.3 Å². The second kappa shape index (κ2) is 8.06. The molecule has 0 amide bonds. The van der Waals surface area contributed by atoms with E-state index in [0.29, 0.717) is 11.9 Å². The van der Waals surface area contributed by atoms with E-state index in [0.717, 1.165) is 12.2 Å². The van der Waals surface area contributed by atoms with Crippen molar-refractivity contribution in [1.29, 1.82) is 0 Å². The SMILES string of the molecule is CCCCN(Cc1nc(CCl)cs1)C(C)CC. The smallest absolute Gasteiger partial charge is 0.107 e.